The maximum atomic E-state index is 13.8. The number of imidazole rings is 1. The molecule has 1 N–H and O–H groups in total. The van der Waals surface area contributed by atoms with Crippen molar-refractivity contribution in [2.45, 2.75) is 56.0 Å². The van der Waals surface area contributed by atoms with Gasteiger partial charge in [0.05, 0.1) is 11.4 Å². The molecule has 4 aromatic rings. The molecule has 0 saturated carbocycles. The molecule has 7 nitrogen and oxygen atoms in total. The van der Waals surface area contributed by atoms with Gasteiger partial charge in [0.2, 0.25) is 15.9 Å². The zero-order valence-corrected chi connectivity index (χ0v) is 24.3. The number of hydrogen-bond donors (Lipinski definition) is 1. The van der Waals surface area contributed by atoms with Crippen LogP contribution in [0.25, 0.3) is 0 Å². The van der Waals surface area contributed by atoms with Crippen LogP contribution in [0.3, 0.4) is 0 Å². The lowest BCUT2D eigenvalue weighted by atomic mass is 9.87. The highest BCUT2D eigenvalue weighted by Crippen LogP contribution is 2.35. The number of halogens is 1. The number of hydrogen-bond acceptors (Lipinski definition) is 5. The summed E-state index contributed by atoms with van der Waals surface area (Å²) in [5.41, 5.74) is 3.85. The number of anilines is 1. The van der Waals surface area contributed by atoms with E-state index in [9.17, 15) is 13.2 Å². The smallest absolute Gasteiger partial charge is 0.241 e. The number of carbonyl (C=O) groups is 1. The zero-order valence-electron chi connectivity index (χ0n) is 21.9. The van der Waals surface area contributed by atoms with Crippen molar-refractivity contribution >= 4 is 44.6 Å². The van der Waals surface area contributed by atoms with Gasteiger partial charge in [-0.3, -0.25) is 4.79 Å². The predicted octanol–water partition coefficient (Wildman–Crippen LogP) is 6.22. The van der Waals surface area contributed by atoms with Gasteiger partial charge in [-0.15, -0.1) is 0 Å². The van der Waals surface area contributed by atoms with Crippen molar-refractivity contribution in [1.29, 1.82) is 0 Å². The van der Waals surface area contributed by atoms with E-state index in [1.807, 2.05) is 41.4 Å². The lowest BCUT2D eigenvalue weighted by molar-refractivity contribution is -0.119. The lowest BCUT2D eigenvalue weighted by Gasteiger charge is -2.30. The van der Waals surface area contributed by atoms with E-state index in [1.54, 1.807) is 34.6 Å². The number of sulfonamides is 1. The standard InChI is InChI=1S/C29H31ClN4O3S2/c1-20(22-11-14-38-19-22)15-29(35)34(18-28-31-12-13-33(28)2)24-10-9-21-5-3-8-27(26(21)17-24)32-39(36,37)25-7-4-6-23(30)16-25/h4,6-7,9-14,16-17,19-20,27,32H,3,5,8,15,18H2,1-2H3/t20-,27-/m1/s1. The van der Waals surface area contributed by atoms with Crippen molar-refractivity contribution in [1.82, 2.24) is 14.3 Å². The third kappa shape index (κ3) is 6.27. The summed E-state index contributed by atoms with van der Waals surface area (Å²) in [6, 6.07) is 13.9. The van der Waals surface area contributed by atoms with Crippen LogP contribution in [0.4, 0.5) is 5.69 Å². The summed E-state index contributed by atoms with van der Waals surface area (Å²) in [7, 11) is -1.88. The Hall–Kier alpha value is -2.98. The first-order valence-electron chi connectivity index (χ1n) is 12.9. The summed E-state index contributed by atoms with van der Waals surface area (Å²) in [6.07, 6.45) is 6.32. The minimum absolute atomic E-state index is 0.0106. The van der Waals surface area contributed by atoms with E-state index in [2.05, 4.69) is 28.1 Å². The number of aryl methyl sites for hydroxylation is 2. The second kappa shape index (κ2) is 11.6. The maximum absolute atomic E-state index is 13.8. The number of benzene rings is 2. The topological polar surface area (TPSA) is 84.3 Å². The quantitative estimate of drug-likeness (QED) is 0.254. The van der Waals surface area contributed by atoms with Crippen molar-refractivity contribution in [3.63, 3.8) is 0 Å². The minimum atomic E-state index is -3.79. The number of thiophene rings is 1. The highest BCUT2D eigenvalue weighted by molar-refractivity contribution is 7.89. The van der Waals surface area contributed by atoms with Gasteiger partial charge in [-0.2, -0.15) is 11.3 Å². The van der Waals surface area contributed by atoms with Crippen molar-refractivity contribution in [2.75, 3.05) is 4.90 Å². The molecule has 2 aromatic carbocycles. The van der Waals surface area contributed by atoms with Crippen LogP contribution in [0, 0.1) is 0 Å². The summed E-state index contributed by atoms with van der Waals surface area (Å²) in [4.78, 5) is 20.1. The van der Waals surface area contributed by atoms with Gasteiger partial charge in [0.25, 0.3) is 0 Å². The Morgan fingerprint density at radius 1 is 1.26 bits per heavy atom. The molecule has 10 heteroatoms. The Morgan fingerprint density at radius 3 is 2.82 bits per heavy atom. The molecule has 0 aliphatic heterocycles. The van der Waals surface area contributed by atoms with Gasteiger partial charge in [-0.05, 0) is 89.0 Å². The highest BCUT2D eigenvalue weighted by atomic mass is 35.5. The van der Waals surface area contributed by atoms with Gasteiger partial charge in [0, 0.05) is 42.6 Å². The van der Waals surface area contributed by atoms with Crippen molar-refractivity contribution in [3.05, 3.63) is 99.2 Å². The van der Waals surface area contributed by atoms with E-state index < -0.39 is 16.1 Å². The number of fused-ring (bicyclic) bond motifs is 1. The van der Waals surface area contributed by atoms with E-state index >= 15 is 0 Å². The predicted molar refractivity (Wildman–Crippen MR) is 156 cm³/mol. The molecule has 2 atom stereocenters. The van der Waals surface area contributed by atoms with Gasteiger partial charge in [0.15, 0.2) is 0 Å². The van der Waals surface area contributed by atoms with E-state index in [1.165, 1.54) is 12.1 Å². The first-order valence-corrected chi connectivity index (χ1v) is 15.7. The Bertz CT molecular complexity index is 1570. The number of nitrogens with zero attached hydrogens (tertiary/aromatic N) is 3. The fraction of sp³-hybridized carbons (Fsp3) is 0.310. The molecular formula is C29H31ClN4O3S2. The number of nitrogens with one attached hydrogen (secondary N) is 1. The van der Waals surface area contributed by atoms with Gasteiger partial charge >= 0.3 is 0 Å². The molecule has 1 aliphatic carbocycles. The normalized spacial score (nSPS) is 16.0. The fourth-order valence-electron chi connectivity index (χ4n) is 5.03. The Balaban J connectivity index is 1.46. The van der Waals surface area contributed by atoms with Crippen LogP contribution in [-0.4, -0.2) is 23.9 Å². The average molecular weight is 583 g/mol. The second-order valence-electron chi connectivity index (χ2n) is 10.0. The molecule has 0 bridgehead atoms. The number of rotatable bonds is 9. The number of carbonyl (C=O) groups excluding carboxylic acids is 1. The molecule has 39 heavy (non-hydrogen) atoms. The maximum Gasteiger partial charge on any atom is 0.241 e. The highest BCUT2D eigenvalue weighted by Gasteiger charge is 2.28. The SMILES string of the molecule is C[C@H](CC(=O)N(Cc1nccn1C)c1ccc2c(c1)[C@H](NS(=O)(=O)c1cccc(Cl)c1)CCC2)c1ccsc1. The van der Waals surface area contributed by atoms with Crippen LogP contribution in [0.2, 0.25) is 5.02 Å². The van der Waals surface area contributed by atoms with Crippen LogP contribution in [0.5, 0.6) is 0 Å². The molecule has 2 heterocycles. The summed E-state index contributed by atoms with van der Waals surface area (Å²) in [6.45, 7) is 2.38. The van der Waals surface area contributed by atoms with Crippen LogP contribution in [0.15, 0.2) is 76.6 Å². The van der Waals surface area contributed by atoms with Gasteiger partial charge in [-0.25, -0.2) is 18.1 Å². The Labute approximate surface area is 238 Å². The van der Waals surface area contributed by atoms with Crippen molar-refractivity contribution in [3.8, 4) is 0 Å². The van der Waals surface area contributed by atoms with E-state index in [-0.39, 0.29) is 16.7 Å². The molecule has 204 valence electrons. The molecule has 0 radical (unpaired) electrons. The second-order valence-corrected chi connectivity index (χ2v) is 12.9. The van der Waals surface area contributed by atoms with Crippen LogP contribution in [0.1, 0.15) is 60.7 Å². The molecule has 2 aromatic heterocycles. The zero-order chi connectivity index (χ0) is 27.6. The molecular weight excluding hydrogens is 552 g/mol. The number of aromatic nitrogens is 2. The minimum Gasteiger partial charge on any atom is -0.337 e. The van der Waals surface area contributed by atoms with E-state index in [0.29, 0.717) is 24.4 Å². The summed E-state index contributed by atoms with van der Waals surface area (Å²) in [5, 5.41) is 4.47. The number of amides is 1. The van der Waals surface area contributed by atoms with Crippen LogP contribution < -0.4 is 9.62 Å². The largest absolute Gasteiger partial charge is 0.337 e. The van der Waals surface area contributed by atoms with Crippen molar-refractivity contribution < 1.29 is 13.2 Å². The average Bonchev–Trinajstić information content (AvgIpc) is 3.59. The fourth-order valence-corrected chi connectivity index (χ4v) is 7.36. The van der Waals surface area contributed by atoms with Gasteiger partial charge in [0.1, 0.15) is 5.82 Å². The van der Waals surface area contributed by atoms with Crippen LogP contribution >= 0.6 is 22.9 Å². The molecule has 5 rings (SSSR count). The molecule has 0 spiro atoms. The van der Waals surface area contributed by atoms with E-state index in [0.717, 1.165) is 41.0 Å². The third-order valence-corrected chi connectivity index (χ3v) is 9.68. The third-order valence-electron chi connectivity index (χ3n) is 7.27. The molecule has 0 unspecified atom stereocenters. The molecule has 1 aliphatic rings. The van der Waals surface area contributed by atoms with Crippen LogP contribution in [-0.2, 0) is 34.8 Å². The summed E-state index contributed by atoms with van der Waals surface area (Å²) >= 11 is 7.68. The van der Waals surface area contributed by atoms with Gasteiger partial charge < -0.3 is 9.47 Å². The first-order chi connectivity index (χ1) is 18.7. The Kier molecular flexibility index (Phi) is 8.23. The molecule has 0 fully saturated rings. The molecule has 0 saturated heterocycles. The lowest BCUT2D eigenvalue weighted by Crippen LogP contribution is -2.34. The first kappa shape index (κ1) is 27.6. The van der Waals surface area contributed by atoms with Crippen molar-refractivity contribution in [2.24, 2.45) is 7.05 Å². The monoisotopic (exact) mass is 582 g/mol. The van der Waals surface area contributed by atoms with E-state index in [4.69, 9.17) is 11.6 Å². The summed E-state index contributed by atoms with van der Waals surface area (Å²) < 4.78 is 31.3. The molecule has 1 amide bonds. The Morgan fingerprint density at radius 2 is 2.10 bits per heavy atom. The summed E-state index contributed by atoms with van der Waals surface area (Å²) in [5.74, 6) is 0.827. The van der Waals surface area contributed by atoms with Gasteiger partial charge in [-0.1, -0.05) is 30.7 Å².